The number of fused-ring (bicyclic) bond motifs is 18. The minimum absolute atomic E-state index is 0.831. The van der Waals surface area contributed by atoms with E-state index in [0.717, 1.165) is 50.8 Å². The van der Waals surface area contributed by atoms with Crippen molar-refractivity contribution in [3.05, 3.63) is 249 Å². The van der Waals surface area contributed by atoms with Crippen LogP contribution in [0.3, 0.4) is 0 Å². The quantitative estimate of drug-likeness (QED) is 0.175. The molecule has 0 fully saturated rings. The Balaban J connectivity index is 1.10. The van der Waals surface area contributed by atoms with Crippen LogP contribution in [0.5, 0.6) is 11.5 Å². The van der Waals surface area contributed by atoms with Crippen LogP contribution in [0, 0.1) is 0 Å². The molecule has 0 spiro atoms. The standard InChI is InChI=1S/C66H41NOS/c1-2-16-42(17-3-1)43-30-32-44(33-31-43)67(46-35-37-64-61(39-46)54-25-11-8-22-51(54)56-26-12-14-28-63(56)68-64)45-34-36-55-58(38-45)52-23-9-6-20-49(52)47-18-4-5-19-48(47)50-21-7-10-24-53(50)60-41-66-62(40-59(55)60)57-27-13-15-29-65(57)69-66/h1-41H. The lowest BCUT2D eigenvalue weighted by Crippen LogP contribution is -2.10. The summed E-state index contributed by atoms with van der Waals surface area (Å²) in [5.41, 5.74) is 9.92. The third-order valence-corrected chi connectivity index (χ3v) is 15.2. The van der Waals surface area contributed by atoms with Gasteiger partial charge in [-0.1, -0.05) is 182 Å². The van der Waals surface area contributed by atoms with E-state index in [9.17, 15) is 0 Å². The Morgan fingerprint density at radius 1 is 0.246 bits per heavy atom. The number of benzene rings is 11. The molecule has 13 aromatic rings. The molecule has 2 heterocycles. The van der Waals surface area contributed by atoms with Gasteiger partial charge in [-0.3, -0.25) is 0 Å². The molecule has 1 aromatic heterocycles. The largest absolute Gasteiger partial charge is 0.456 e. The number of nitrogens with zero attached hydrogens (tertiary/aromatic N) is 1. The Kier molecular flexibility index (Phi) is 9.11. The average molecular weight is 896 g/mol. The van der Waals surface area contributed by atoms with Crippen molar-refractivity contribution in [3.63, 3.8) is 0 Å². The van der Waals surface area contributed by atoms with Crippen LogP contribution in [0.2, 0.25) is 0 Å². The summed E-state index contributed by atoms with van der Waals surface area (Å²) in [5.74, 6) is 1.69. The Hall–Kier alpha value is -8.76. The summed E-state index contributed by atoms with van der Waals surface area (Å²) in [6, 6.07) is 91.1. The summed E-state index contributed by atoms with van der Waals surface area (Å²) in [4.78, 5) is 2.41. The van der Waals surface area contributed by atoms with E-state index in [2.05, 4.69) is 248 Å². The number of hydrogen-bond donors (Lipinski definition) is 0. The first-order chi connectivity index (χ1) is 34.2. The molecule has 69 heavy (non-hydrogen) atoms. The van der Waals surface area contributed by atoms with E-state index in [-0.39, 0.29) is 0 Å². The Labute approximate surface area is 403 Å². The number of rotatable bonds is 4. The normalized spacial score (nSPS) is 11.9. The zero-order chi connectivity index (χ0) is 45.4. The number of anilines is 3. The van der Waals surface area contributed by atoms with Crippen LogP contribution < -0.4 is 9.64 Å². The lowest BCUT2D eigenvalue weighted by atomic mass is 9.93. The van der Waals surface area contributed by atoms with Crippen LogP contribution in [0.15, 0.2) is 249 Å². The molecule has 0 saturated heterocycles. The second kappa shape index (κ2) is 16.0. The minimum Gasteiger partial charge on any atom is -0.456 e. The predicted octanol–water partition coefficient (Wildman–Crippen LogP) is 19.5. The van der Waals surface area contributed by atoms with E-state index in [1.54, 1.807) is 0 Å². The van der Waals surface area contributed by atoms with Crippen LogP contribution in [0.1, 0.15) is 0 Å². The molecule has 322 valence electrons. The molecular formula is C66H41NOS. The van der Waals surface area contributed by atoms with Crippen molar-refractivity contribution >= 4 is 102 Å². The van der Waals surface area contributed by atoms with Crippen molar-refractivity contribution < 1.29 is 4.74 Å². The number of thiophene rings is 1. The molecule has 0 saturated carbocycles. The first kappa shape index (κ1) is 39.4. The molecule has 0 radical (unpaired) electrons. The van der Waals surface area contributed by atoms with Gasteiger partial charge in [0, 0.05) is 48.4 Å². The van der Waals surface area contributed by atoms with Gasteiger partial charge in [-0.05, 0) is 143 Å². The first-order valence-electron chi connectivity index (χ1n) is 23.6. The SMILES string of the molecule is c1ccc(-c2ccc(N(c3ccc4c(c3)-c3ccccc3-c3ccccc3O4)c3ccc4c(c3)c3ccccc3c3ccccc3c3ccccc3c3cc5sc6ccccc6c5cc43)cc2)cc1. The lowest BCUT2D eigenvalue weighted by molar-refractivity contribution is 0.488. The van der Waals surface area contributed by atoms with Crippen LogP contribution >= 0.6 is 11.3 Å². The predicted molar refractivity (Wildman–Crippen MR) is 296 cm³/mol. The fraction of sp³-hybridized carbons (Fsp3) is 0. The Bertz CT molecular complexity index is 4280. The summed E-state index contributed by atoms with van der Waals surface area (Å²) in [7, 11) is 0. The lowest BCUT2D eigenvalue weighted by Gasteiger charge is -2.27. The highest BCUT2D eigenvalue weighted by molar-refractivity contribution is 7.25. The van der Waals surface area contributed by atoms with E-state index >= 15 is 0 Å². The first-order valence-corrected chi connectivity index (χ1v) is 24.4. The molecule has 3 heteroatoms. The highest BCUT2D eigenvalue weighted by Crippen LogP contribution is 2.50. The molecule has 12 aromatic carbocycles. The van der Waals surface area contributed by atoms with E-state index in [4.69, 9.17) is 4.74 Å². The van der Waals surface area contributed by atoms with Crippen molar-refractivity contribution in [3.8, 4) is 44.9 Å². The molecule has 14 rings (SSSR count). The van der Waals surface area contributed by atoms with Gasteiger partial charge in [0.1, 0.15) is 11.5 Å². The number of ether oxygens (including phenoxy) is 1. The van der Waals surface area contributed by atoms with Gasteiger partial charge in [0.05, 0.1) is 0 Å². The van der Waals surface area contributed by atoms with E-state index in [1.165, 1.54) is 85.2 Å². The van der Waals surface area contributed by atoms with Gasteiger partial charge < -0.3 is 9.64 Å². The Morgan fingerprint density at radius 2 is 0.696 bits per heavy atom. The van der Waals surface area contributed by atoms with E-state index in [0.29, 0.717) is 0 Å². The fourth-order valence-corrected chi connectivity index (χ4v) is 12.0. The molecule has 1 aliphatic heterocycles. The van der Waals surface area contributed by atoms with Crippen molar-refractivity contribution in [2.24, 2.45) is 0 Å². The van der Waals surface area contributed by atoms with Crippen LogP contribution in [0.4, 0.5) is 17.1 Å². The van der Waals surface area contributed by atoms with Crippen LogP contribution in [-0.4, -0.2) is 0 Å². The molecule has 0 atom stereocenters. The number of hydrogen-bond acceptors (Lipinski definition) is 3. The van der Waals surface area contributed by atoms with E-state index < -0.39 is 0 Å². The summed E-state index contributed by atoms with van der Waals surface area (Å²) >= 11 is 1.87. The van der Waals surface area contributed by atoms with Gasteiger partial charge in [0.25, 0.3) is 0 Å². The molecule has 0 amide bonds. The summed E-state index contributed by atoms with van der Waals surface area (Å²) < 4.78 is 9.36. The van der Waals surface area contributed by atoms with Crippen molar-refractivity contribution in [1.29, 1.82) is 0 Å². The highest BCUT2D eigenvalue weighted by Gasteiger charge is 2.23. The van der Waals surface area contributed by atoms with Gasteiger partial charge in [-0.25, -0.2) is 0 Å². The fourth-order valence-electron chi connectivity index (χ4n) is 10.9. The highest BCUT2D eigenvalue weighted by atomic mass is 32.1. The maximum Gasteiger partial charge on any atom is 0.135 e. The molecule has 0 bridgehead atoms. The van der Waals surface area contributed by atoms with Crippen LogP contribution in [0.25, 0.3) is 107 Å². The number of para-hydroxylation sites is 1. The zero-order valence-corrected chi connectivity index (χ0v) is 38.3. The monoisotopic (exact) mass is 895 g/mol. The van der Waals surface area contributed by atoms with Gasteiger partial charge in [0.15, 0.2) is 0 Å². The van der Waals surface area contributed by atoms with Crippen molar-refractivity contribution in [2.75, 3.05) is 4.90 Å². The maximum absolute atomic E-state index is 6.78. The van der Waals surface area contributed by atoms with Gasteiger partial charge in [-0.2, -0.15) is 0 Å². The van der Waals surface area contributed by atoms with E-state index in [1.807, 2.05) is 17.4 Å². The maximum atomic E-state index is 6.78. The molecular weight excluding hydrogens is 855 g/mol. The van der Waals surface area contributed by atoms with Crippen LogP contribution in [-0.2, 0) is 0 Å². The minimum atomic E-state index is 0.831. The zero-order valence-electron chi connectivity index (χ0n) is 37.4. The third-order valence-electron chi connectivity index (χ3n) is 14.1. The van der Waals surface area contributed by atoms with Gasteiger partial charge in [0.2, 0.25) is 0 Å². The summed E-state index contributed by atoms with van der Waals surface area (Å²) in [6.07, 6.45) is 0. The summed E-state index contributed by atoms with van der Waals surface area (Å²) in [6.45, 7) is 0. The van der Waals surface area contributed by atoms with Crippen molar-refractivity contribution in [2.45, 2.75) is 0 Å². The van der Waals surface area contributed by atoms with Gasteiger partial charge in [-0.15, -0.1) is 11.3 Å². The second-order valence-electron chi connectivity index (χ2n) is 17.9. The molecule has 1 aliphatic rings. The van der Waals surface area contributed by atoms with Crippen molar-refractivity contribution in [1.82, 2.24) is 0 Å². The molecule has 2 nitrogen and oxygen atoms in total. The molecule has 0 aliphatic carbocycles. The molecule has 0 N–H and O–H groups in total. The van der Waals surface area contributed by atoms with Gasteiger partial charge >= 0.3 is 0 Å². The average Bonchev–Trinajstić information content (AvgIpc) is 3.72. The topological polar surface area (TPSA) is 12.5 Å². The Morgan fingerprint density at radius 3 is 1.38 bits per heavy atom. The third kappa shape index (κ3) is 6.47. The second-order valence-corrected chi connectivity index (χ2v) is 19.0. The summed E-state index contributed by atoms with van der Waals surface area (Å²) in [5, 5.41) is 14.6. The molecule has 0 unspecified atom stereocenters. The smallest absolute Gasteiger partial charge is 0.135 e.